The van der Waals surface area contributed by atoms with Crippen LogP contribution < -0.4 is 0 Å². The quantitative estimate of drug-likeness (QED) is 0.493. The lowest BCUT2D eigenvalue weighted by Gasteiger charge is -2.24. The molecule has 0 aliphatic rings. The maximum Gasteiger partial charge on any atom is 0.100 e. The molecule has 12 heavy (non-hydrogen) atoms. The van der Waals surface area contributed by atoms with Gasteiger partial charge in [0, 0.05) is 0 Å². The number of hydrogen-bond acceptors (Lipinski definition) is 2. The molecular formula is C10H22O2. The van der Waals surface area contributed by atoms with E-state index in [0.717, 1.165) is 25.2 Å². The van der Waals surface area contributed by atoms with E-state index in [4.69, 9.17) is 5.26 Å². The molecule has 0 aliphatic heterocycles. The third-order valence-electron chi connectivity index (χ3n) is 2.46. The molecule has 0 bridgehead atoms. The highest BCUT2D eigenvalue weighted by atomic mass is 17.1. The Balaban J connectivity index is 3.58. The van der Waals surface area contributed by atoms with E-state index in [1.807, 2.05) is 13.8 Å². The van der Waals surface area contributed by atoms with Crippen LogP contribution in [0.3, 0.4) is 0 Å². The fourth-order valence-electron chi connectivity index (χ4n) is 1.17. The van der Waals surface area contributed by atoms with Crippen molar-refractivity contribution in [3.05, 3.63) is 0 Å². The van der Waals surface area contributed by atoms with Gasteiger partial charge in [0.2, 0.25) is 0 Å². The second kappa shape index (κ2) is 5.55. The minimum Gasteiger partial charge on any atom is -0.251 e. The topological polar surface area (TPSA) is 29.5 Å². The Kier molecular flexibility index (Phi) is 5.51. The van der Waals surface area contributed by atoms with Crippen molar-refractivity contribution in [2.75, 3.05) is 0 Å². The lowest BCUT2D eigenvalue weighted by Crippen LogP contribution is -2.26. The van der Waals surface area contributed by atoms with E-state index in [-0.39, 0.29) is 5.60 Å². The van der Waals surface area contributed by atoms with Crippen molar-refractivity contribution < 1.29 is 10.1 Å². The molecule has 0 aromatic rings. The minimum absolute atomic E-state index is 0.325. The summed E-state index contributed by atoms with van der Waals surface area (Å²) in [5, 5.41) is 8.65. The highest BCUT2D eigenvalue weighted by molar-refractivity contribution is 4.71. The molecule has 0 amide bonds. The van der Waals surface area contributed by atoms with Crippen LogP contribution in [-0.4, -0.2) is 10.9 Å². The van der Waals surface area contributed by atoms with E-state index in [9.17, 15) is 0 Å². The van der Waals surface area contributed by atoms with Gasteiger partial charge in [-0.1, -0.05) is 33.6 Å². The summed E-state index contributed by atoms with van der Waals surface area (Å²) in [5.41, 5.74) is -0.325. The summed E-state index contributed by atoms with van der Waals surface area (Å²) >= 11 is 0. The first kappa shape index (κ1) is 11.9. The van der Waals surface area contributed by atoms with Gasteiger partial charge >= 0.3 is 0 Å². The van der Waals surface area contributed by atoms with E-state index in [2.05, 4.69) is 18.7 Å². The molecule has 0 rings (SSSR count). The number of rotatable bonds is 6. The zero-order valence-corrected chi connectivity index (χ0v) is 8.76. The highest BCUT2D eigenvalue weighted by Gasteiger charge is 2.22. The highest BCUT2D eigenvalue weighted by Crippen LogP contribution is 2.22. The molecule has 2 nitrogen and oxygen atoms in total. The van der Waals surface area contributed by atoms with Gasteiger partial charge in [0.25, 0.3) is 0 Å². The van der Waals surface area contributed by atoms with E-state index in [0.29, 0.717) is 0 Å². The summed E-state index contributed by atoms with van der Waals surface area (Å²) in [4.78, 5) is 4.47. The van der Waals surface area contributed by atoms with Gasteiger partial charge < -0.3 is 0 Å². The largest absolute Gasteiger partial charge is 0.251 e. The van der Waals surface area contributed by atoms with Crippen molar-refractivity contribution >= 4 is 0 Å². The maximum absolute atomic E-state index is 8.65. The van der Waals surface area contributed by atoms with Crippen molar-refractivity contribution in [3.8, 4) is 0 Å². The summed E-state index contributed by atoms with van der Waals surface area (Å²) < 4.78 is 0. The van der Waals surface area contributed by atoms with Crippen LogP contribution >= 0.6 is 0 Å². The second-order valence-electron chi connectivity index (χ2n) is 4.18. The third kappa shape index (κ3) is 4.73. The van der Waals surface area contributed by atoms with Crippen LogP contribution in [0.25, 0.3) is 0 Å². The van der Waals surface area contributed by atoms with Crippen LogP contribution in [0.2, 0.25) is 0 Å². The molecule has 0 aliphatic carbocycles. The second-order valence-corrected chi connectivity index (χ2v) is 4.18. The molecule has 0 fully saturated rings. The Morgan fingerprint density at radius 1 is 1.42 bits per heavy atom. The fraction of sp³-hybridized carbons (Fsp3) is 1.00. The van der Waals surface area contributed by atoms with E-state index in [1.165, 1.54) is 6.42 Å². The molecule has 0 spiro atoms. The third-order valence-corrected chi connectivity index (χ3v) is 2.46. The van der Waals surface area contributed by atoms with Crippen LogP contribution in [-0.2, 0) is 4.89 Å². The molecule has 2 heteroatoms. The van der Waals surface area contributed by atoms with Gasteiger partial charge in [-0.15, -0.1) is 0 Å². The Morgan fingerprint density at radius 2 is 2.00 bits per heavy atom. The zero-order chi connectivity index (χ0) is 9.61. The average Bonchev–Trinajstić information content (AvgIpc) is 2.03. The van der Waals surface area contributed by atoms with Crippen LogP contribution in [0.5, 0.6) is 0 Å². The first-order valence-electron chi connectivity index (χ1n) is 4.86. The van der Waals surface area contributed by atoms with Gasteiger partial charge in [-0.05, 0) is 25.7 Å². The van der Waals surface area contributed by atoms with Crippen molar-refractivity contribution in [2.24, 2.45) is 5.92 Å². The van der Waals surface area contributed by atoms with E-state index in [1.54, 1.807) is 0 Å². The zero-order valence-electron chi connectivity index (χ0n) is 8.76. The molecular weight excluding hydrogens is 152 g/mol. The predicted molar refractivity (Wildman–Crippen MR) is 51.1 cm³/mol. The van der Waals surface area contributed by atoms with E-state index < -0.39 is 0 Å². The lowest BCUT2D eigenvalue weighted by atomic mass is 9.94. The summed E-state index contributed by atoms with van der Waals surface area (Å²) in [6.07, 6.45) is 4.14. The first-order chi connectivity index (χ1) is 5.54. The smallest absolute Gasteiger partial charge is 0.100 e. The normalized spacial score (nSPS) is 16.5. The van der Waals surface area contributed by atoms with Crippen LogP contribution in [0.1, 0.15) is 53.4 Å². The maximum atomic E-state index is 8.65. The Morgan fingerprint density at radius 3 is 2.33 bits per heavy atom. The van der Waals surface area contributed by atoms with E-state index >= 15 is 0 Å². The molecule has 0 aromatic heterocycles. The van der Waals surface area contributed by atoms with Gasteiger partial charge in [-0.2, -0.15) is 0 Å². The Labute approximate surface area is 75.9 Å². The molecule has 74 valence electrons. The van der Waals surface area contributed by atoms with Crippen LogP contribution in [0.4, 0.5) is 0 Å². The molecule has 0 radical (unpaired) electrons. The van der Waals surface area contributed by atoms with Crippen molar-refractivity contribution in [1.29, 1.82) is 0 Å². The van der Waals surface area contributed by atoms with Gasteiger partial charge in [0.1, 0.15) is 5.60 Å². The monoisotopic (exact) mass is 174 g/mol. The SMILES string of the molecule is CCC(C)(CCCC(C)C)OO. The molecule has 0 saturated heterocycles. The summed E-state index contributed by atoms with van der Waals surface area (Å²) in [6, 6.07) is 0. The molecule has 0 heterocycles. The summed E-state index contributed by atoms with van der Waals surface area (Å²) in [5.74, 6) is 0.741. The predicted octanol–water partition coefficient (Wildman–Crippen LogP) is 3.47. The van der Waals surface area contributed by atoms with Crippen LogP contribution in [0.15, 0.2) is 0 Å². The minimum atomic E-state index is -0.325. The molecule has 1 unspecified atom stereocenters. The fourth-order valence-corrected chi connectivity index (χ4v) is 1.17. The molecule has 1 atom stereocenters. The molecule has 0 aromatic carbocycles. The number of hydrogen-bond donors (Lipinski definition) is 1. The summed E-state index contributed by atoms with van der Waals surface area (Å²) in [7, 11) is 0. The van der Waals surface area contributed by atoms with Gasteiger partial charge in [-0.3, -0.25) is 5.26 Å². The average molecular weight is 174 g/mol. The Bertz CT molecular complexity index is 106. The van der Waals surface area contributed by atoms with Gasteiger partial charge in [0.05, 0.1) is 0 Å². The van der Waals surface area contributed by atoms with Crippen molar-refractivity contribution in [3.63, 3.8) is 0 Å². The van der Waals surface area contributed by atoms with Gasteiger partial charge in [-0.25, -0.2) is 4.89 Å². The first-order valence-corrected chi connectivity index (χ1v) is 4.86. The van der Waals surface area contributed by atoms with Crippen molar-refractivity contribution in [1.82, 2.24) is 0 Å². The molecule has 1 N–H and O–H groups in total. The Hall–Kier alpha value is -0.0800. The van der Waals surface area contributed by atoms with Crippen molar-refractivity contribution in [2.45, 2.75) is 59.0 Å². The summed E-state index contributed by atoms with van der Waals surface area (Å²) in [6.45, 7) is 8.41. The van der Waals surface area contributed by atoms with Gasteiger partial charge in [0.15, 0.2) is 0 Å². The molecule has 0 saturated carbocycles. The standard InChI is InChI=1S/C10H22O2/c1-5-10(4,12-11)8-6-7-9(2)3/h9,11H,5-8H2,1-4H3. The lowest BCUT2D eigenvalue weighted by molar-refractivity contribution is -0.320. The van der Waals surface area contributed by atoms with Crippen LogP contribution in [0, 0.1) is 5.92 Å².